The van der Waals surface area contributed by atoms with Crippen LogP contribution in [-0.4, -0.2) is 5.78 Å². The average molecular weight is 289 g/mol. The Kier molecular flexibility index (Phi) is 2.58. The molecule has 1 aromatic heterocycles. The summed E-state index contributed by atoms with van der Waals surface area (Å²) >= 11 is 7.56. The molecule has 0 saturated heterocycles. The van der Waals surface area contributed by atoms with Crippen molar-refractivity contribution < 1.29 is 4.79 Å². The lowest BCUT2D eigenvalue weighted by Crippen LogP contribution is -2.02. The molecule has 1 fully saturated rings. The summed E-state index contributed by atoms with van der Waals surface area (Å²) in [5.41, 5.74) is 2.82. The predicted molar refractivity (Wildman–Crippen MR) is 78.1 cm³/mol. The Morgan fingerprint density at radius 3 is 2.89 bits per heavy atom. The number of benzene rings is 1. The van der Waals surface area contributed by atoms with Crippen LogP contribution in [0.3, 0.4) is 0 Å². The average Bonchev–Trinajstić information content (AvgIpc) is 3.04. The van der Waals surface area contributed by atoms with Crippen LogP contribution in [0.15, 0.2) is 35.7 Å². The van der Waals surface area contributed by atoms with E-state index >= 15 is 0 Å². The van der Waals surface area contributed by atoms with Crippen LogP contribution in [0.1, 0.15) is 33.1 Å². The molecule has 4 rings (SSSR count). The summed E-state index contributed by atoms with van der Waals surface area (Å²) < 4.78 is 0. The van der Waals surface area contributed by atoms with Crippen LogP contribution in [0.5, 0.6) is 0 Å². The van der Waals surface area contributed by atoms with Crippen molar-refractivity contribution in [1.29, 1.82) is 0 Å². The van der Waals surface area contributed by atoms with Crippen LogP contribution in [0.4, 0.5) is 0 Å². The minimum atomic E-state index is 0.166. The Hall–Kier alpha value is -1.12. The van der Waals surface area contributed by atoms with Crippen LogP contribution in [0.25, 0.3) is 0 Å². The summed E-state index contributed by atoms with van der Waals surface area (Å²) in [4.78, 5) is 13.3. The van der Waals surface area contributed by atoms with E-state index < -0.39 is 0 Å². The van der Waals surface area contributed by atoms with Crippen molar-refractivity contribution in [2.75, 3.05) is 0 Å². The number of hydrogen-bond acceptors (Lipinski definition) is 2. The highest BCUT2D eigenvalue weighted by molar-refractivity contribution is 7.12. The normalized spacial score (nSPS) is 27.5. The number of rotatable bonds is 2. The Balaban J connectivity index is 1.68. The van der Waals surface area contributed by atoms with Gasteiger partial charge >= 0.3 is 0 Å². The highest BCUT2D eigenvalue weighted by Crippen LogP contribution is 2.61. The maximum Gasteiger partial charge on any atom is 0.178 e. The van der Waals surface area contributed by atoms with E-state index in [0.717, 1.165) is 17.7 Å². The Labute approximate surface area is 121 Å². The molecule has 3 unspecified atom stereocenters. The lowest BCUT2D eigenvalue weighted by atomic mass is 9.92. The maximum absolute atomic E-state index is 12.6. The van der Waals surface area contributed by atoms with Gasteiger partial charge in [0, 0.05) is 5.92 Å². The summed E-state index contributed by atoms with van der Waals surface area (Å²) in [6.45, 7) is 0. The van der Waals surface area contributed by atoms with Gasteiger partial charge in [0.2, 0.25) is 0 Å². The first-order chi connectivity index (χ1) is 9.27. The predicted octanol–water partition coefficient (Wildman–Crippen LogP) is 4.56. The van der Waals surface area contributed by atoms with Gasteiger partial charge in [-0.3, -0.25) is 4.79 Å². The first-order valence-electron chi connectivity index (χ1n) is 6.62. The number of fused-ring (bicyclic) bond motifs is 3. The van der Waals surface area contributed by atoms with Crippen LogP contribution >= 0.6 is 22.9 Å². The number of carbonyl (C=O) groups excluding carboxylic acids is 1. The second-order valence-corrected chi connectivity index (χ2v) is 6.74. The lowest BCUT2D eigenvalue weighted by Gasteiger charge is -2.13. The fraction of sp³-hybridized carbons (Fsp3) is 0.312. The van der Waals surface area contributed by atoms with Gasteiger partial charge in [0.15, 0.2) is 5.78 Å². The Morgan fingerprint density at radius 1 is 1.26 bits per heavy atom. The smallest absolute Gasteiger partial charge is 0.178 e. The summed E-state index contributed by atoms with van der Waals surface area (Å²) in [5, 5.41) is 2.52. The number of hydrogen-bond donors (Lipinski definition) is 0. The summed E-state index contributed by atoms with van der Waals surface area (Å²) in [6, 6.07) is 10.4. The molecule has 1 aromatic carbocycles. The zero-order valence-corrected chi connectivity index (χ0v) is 11.9. The fourth-order valence-corrected chi connectivity index (χ4v) is 4.68. The molecule has 3 atom stereocenters. The minimum Gasteiger partial charge on any atom is -0.293 e. The van der Waals surface area contributed by atoms with E-state index in [1.54, 1.807) is 0 Å². The first-order valence-corrected chi connectivity index (χ1v) is 7.88. The number of carbonyl (C=O) groups is 1. The third kappa shape index (κ3) is 1.70. The van der Waals surface area contributed by atoms with Crippen molar-refractivity contribution in [1.82, 2.24) is 0 Å². The summed E-state index contributed by atoms with van der Waals surface area (Å²) in [6.07, 6.45) is 2.25. The van der Waals surface area contributed by atoms with Crippen molar-refractivity contribution in [3.8, 4) is 0 Å². The molecule has 1 saturated carbocycles. The van der Waals surface area contributed by atoms with Gasteiger partial charge in [-0.25, -0.2) is 0 Å². The standard InChI is InChI=1S/C16H13ClOS/c17-12-7-8-19-16(12)15(18)14-11-6-5-9-3-1-2-4-10(9)13(11)14/h1-4,7-8,11,13-14H,5-6H2. The molecule has 0 N–H and O–H groups in total. The molecule has 1 heterocycles. The van der Waals surface area contributed by atoms with Crippen molar-refractivity contribution in [3.05, 3.63) is 56.7 Å². The Bertz CT molecular complexity index is 660. The minimum absolute atomic E-state index is 0.166. The SMILES string of the molecule is O=C(c1sccc1Cl)C1C2CCc3ccccc3C21. The topological polar surface area (TPSA) is 17.1 Å². The number of Topliss-reactive ketones (excluding diaryl/α,β-unsaturated/α-hetero) is 1. The number of aryl methyl sites for hydroxylation is 1. The van der Waals surface area contributed by atoms with Crippen molar-refractivity contribution in [2.24, 2.45) is 11.8 Å². The molecule has 0 amide bonds. The molecule has 2 aliphatic carbocycles. The number of ketones is 1. The van der Waals surface area contributed by atoms with Gasteiger partial charge in [0.05, 0.1) is 9.90 Å². The molecule has 3 heteroatoms. The van der Waals surface area contributed by atoms with Gasteiger partial charge < -0.3 is 0 Å². The van der Waals surface area contributed by atoms with E-state index in [1.807, 2.05) is 11.4 Å². The van der Waals surface area contributed by atoms with Crippen LogP contribution < -0.4 is 0 Å². The van der Waals surface area contributed by atoms with E-state index in [9.17, 15) is 4.79 Å². The van der Waals surface area contributed by atoms with E-state index in [1.165, 1.54) is 22.5 Å². The van der Waals surface area contributed by atoms with Gasteiger partial charge in [0.25, 0.3) is 0 Å². The molecule has 0 aliphatic heterocycles. The van der Waals surface area contributed by atoms with Gasteiger partial charge in [0.1, 0.15) is 0 Å². The molecule has 2 aliphatic rings. The van der Waals surface area contributed by atoms with Crippen LogP contribution in [0.2, 0.25) is 5.02 Å². The molecular formula is C16H13ClOS. The highest BCUT2D eigenvalue weighted by Gasteiger charge is 2.57. The Morgan fingerprint density at radius 2 is 2.11 bits per heavy atom. The molecule has 2 aromatic rings. The van der Waals surface area contributed by atoms with Crippen LogP contribution in [0, 0.1) is 11.8 Å². The molecule has 0 radical (unpaired) electrons. The van der Waals surface area contributed by atoms with E-state index in [-0.39, 0.29) is 11.7 Å². The van der Waals surface area contributed by atoms with Crippen molar-refractivity contribution in [2.45, 2.75) is 18.8 Å². The summed E-state index contributed by atoms with van der Waals surface area (Å²) in [7, 11) is 0. The fourth-order valence-electron chi connectivity index (χ4n) is 3.54. The third-order valence-electron chi connectivity index (χ3n) is 4.47. The van der Waals surface area contributed by atoms with E-state index in [4.69, 9.17) is 11.6 Å². The highest BCUT2D eigenvalue weighted by atomic mass is 35.5. The largest absolute Gasteiger partial charge is 0.293 e. The van der Waals surface area contributed by atoms with Crippen molar-refractivity contribution in [3.63, 3.8) is 0 Å². The molecule has 0 bridgehead atoms. The first kappa shape index (κ1) is 11.7. The van der Waals surface area contributed by atoms with Gasteiger partial charge in [-0.05, 0) is 47.3 Å². The summed E-state index contributed by atoms with van der Waals surface area (Å²) in [5.74, 6) is 1.41. The zero-order chi connectivity index (χ0) is 13.0. The molecule has 0 spiro atoms. The number of halogens is 1. The van der Waals surface area contributed by atoms with Gasteiger partial charge in [-0.1, -0.05) is 35.9 Å². The monoisotopic (exact) mass is 288 g/mol. The maximum atomic E-state index is 12.6. The second-order valence-electron chi connectivity index (χ2n) is 5.41. The molecular weight excluding hydrogens is 276 g/mol. The zero-order valence-electron chi connectivity index (χ0n) is 10.3. The van der Waals surface area contributed by atoms with Gasteiger partial charge in [-0.15, -0.1) is 11.3 Å². The van der Waals surface area contributed by atoms with Gasteiger partial charge in [-0.2, -0.15) is 0 Å². The third-order valence-corrected chi connectivity index (χ3v) is 5.83. The lowest BCUT2D eigenvalue weighted by molar-refractivity contribution is 0.0963. The van der Waals surface area contributed by atoms with E-state index in [0.29, 0.717) is 16.9 Å². The quantitative estimate of drug-likeness (QED) is 0.740. The van der Waals surface area contributed by atoms with E-state index in [2.05, 4.69) is 24.3 Å². The molecule has 1 nitrogen and oxygen atoms in total. The number of thiophene rings is 1. The second kappa shape index (κ2) is 4.19. The molecule has 96 valence electrons. The van der Waals surface area contributed by atoms with Crippen LogP contribution in [-0.2, 0) is 6.42 Å². The van der Waals surface area contributed by atoms with Crippen molar-refractivity contribution >= 4 is 28.7 Å². The molecule has 19 heavy (non-hydrogen) atoms.